The summed E-state index contributed by atoms with van der Waals surface area (Å²) < 4.78 is 19.2. The summed E-state index contributed by atoms with van der Waals surface area (Å²) >= 11 is 0. The average Bonchev–Trinajstić information content (AvgIpc) is 3.35. The predicted octanol–water partition coefficient (Wildman–Crippen LogP) is 4.02. The SMILES string of the molecule is CN(C)[C@H](CNC(=O)C1(c2ccc(F)cc2)CC1)c1cc2ccccc2o1. The molecule has 2 aromatic carbocycles. The second-order valence-electron chi connectivity index (χ2n) is 7.47. The summed E-state index contributed by atoms with van der Waals surface area (Å²) in [4.78, 5) is 14.9. The van der Waals surface area contributed by atoms with Crippen LogP contribution < -0.4 is 5.32 Å². The van der Waals surface area contributed by atoms with Crippen molar-refractivity contribution in [3.8, 4) is 0 Å². The van der Waals surface area contributed by atoms with Gasteiger partial charge >= 0.3 is 0 Å². The van der Waals surface area contributed by atoms with E-state index in [2.05, 4.69) is 5.32 Å². The second kappa shape index (κ2) is 6.82. The summed E-state index contributed by atoms with van der Waals surface area (Å²) in [6.07, 6.45) is 1.59. The molecule has 0 aliphatic heterocycles. The molecular formula is C22H23FN2O2. The molecule has 0 bridgehead atoms. The van der Waals surface area contributed by atoms with E-state index in [1.807, 2.05) is 49.3 Å². The number of carbonyl (C=O) groups is 1. The van der Waals surface area contributed by atoms with Crippen LogP contribution in [0.3, 0.4) is 0 Å². The molecule has 4 nitrogen and oxygen atoms in total. The molecule has 3 aromatic rings. The Morgan fingerprint density at radius 3 is 2.52 bits per heavy atom. The van der Waals surface area contributed by atoms with Gasteiger partial charge in [0.1, 0.15) is 17.2 Å². The molecular weight excluding hydrogens is 343 g/mol. The lowest BCUT2D eigenvalue weighted by Crippen LogP contribution is -2.40. The van der Waals surface area contributed by atoms with E-state index in [1.54, 1.807) is 12.1 Å². The second-order valence-corrected chi connectivity index (χ2v) is 7.47. The van der Waals surface area contributed by atoms with Crippen molar-refractivity contribution in [3.63, 3.8) is 0 Å². The number of para-hydroxylation sites is 1. The Balaban J connectivity index is 1.50. The molecule has 27 heavy (non-hydrogen) atoms. The van der Waals surface area contributed by atoms with Crippen LogP contribution in [0.5, 0.6) is 0 Å². The van der Waals surface area contributed by atoms with E-state index in [0.717, 1.165) is 35.1 Å². The summed E-state index contributed by atoms with van der Waals surface area (Å²) in [7, 11) is 3.94. The van der Waals surface area contributed by atoms with E-state index in [4.69, 9.17) is 4.42 Å². The minimum Gasteiger partial charge on any atom is -0.459 e. The van der Waals surface area contributed by atoms with Crippen LogP contribution in [0.1, 0.15) is 30.2 Å². The Bertz CT molecular complexity index is 925. The molecule has 140 valence electrons. The Kier molecular flexibility index (Phi) is 4.48. The molecule has 1 aliphatic rings. The number of hydrogen-bond donors (Lipinski definition) is 1. The number of fused-ring (bicyclic) bond motifs is 1. The summed E-state index contributed by atoms with van der Waals surface area (Å²) in [6, 6.07) is 16.1. The zero-order chi connectivity index (χ0) is 19.0. The van der Waals surface area contributed by atoms with Gasteiger partial charge in [0.05, 0.1) is 11.5 Å². The summed E-state index contributed by atoms with van der Waals surface area (Å²) in [5, 5.41) is 4.14. The zero-order valence-corrected chi connectivity index (χ0v) is 15.5. The van der Waals surface area contributed by atoms with Gasteiger partial charge in [-0.05, 0) is 56.8 Å². The van der Waals surface area contributed by atoms with Crippen LogP contribution in [0.25, 0.3) is 11.0 Å². The minimum absolute atomic E-state index is 0.00271. The van der Waals surface area contributed by atoms with Gasteiger partial charge < -0.3 is 9.73 Å². The van der Waals surface area contributed by atoms with Crippen molar-refractivity contribution >= 4 is 16.9 Å². The quantitative estimate of drug-likeness (QED) is 0.717. The molecule has 1 aliphatic carbocycles. The molecule has 1 fully saturated rings. The maximum atomic E-state index is 13.2. The first-order valence-electron chi connectivity index (χ1n) is 9.19. The van der Waals surface area contributed by atoms with Crippen molar-refractivity contribution in [2.24, 2.45) is 0 Å². The predicted molar refractivity (Wildman–Crippen MR) is 103 cm³/mol. The fourth-order valence-electron chi connectivity index (χ4n) is 3.60. The molecule has 1 amide bonds. The van der Waals surface area contributed by atoms with Gasteiger partial charge in [0.15, 0.2) is 0 Å². The van der Waals surface area contributed by atoms with E-state index in [1.165, 1.54) is 12.1 Å². The van der Waals surface area contributed by atoms with Crippen molar-refractivity contribution in [2.75, 3.05) is 20.6 Å². The fourth-order valence-corrected chi connectivity index (χ4v) is 3.60. The highest BCUT2D eigenvalue weighted by atomic mass is 19.1. The Morgan fingerprint density at radius 2 is 1.89 bits per heavy atom. The van der Waals surface area contributed by atoms with Gasteiger partial charge in [-0.25, -0.2) is 4.39 Å². The van der Waals surface area contributed by atoms with Gasteiger partial charge in [0.25, 0.3) is 0 Å². The molecule has 1 N–H and O–H groups in total. The third-order valence-corrected chi connectivity index (χ3v) is 5.43. The smallest absolute Gasteiger partial charge is 0.230 e. The van der Waals surface area contributed by atoms with Crippen LogP contribution >= 0.6 is 0 Å². The Labute approximate surface area is 158 Å². The van der Waals surface area contributed by atoms with Crippen LogP contribution in [0.4, 0.5) is 4.39 Å². The highest BCUT2D eigenvalue weighted by molar-refractivity contribution is 5.91. The van der Waals surface area contributed by atoms with Gasteiger partial charge in [-0.3, -0.25) is 9.69 Å². The standard InChI is InChI=1S/C22H23FN2O2/c1-25(2)18(20-13-15-5-3-4-6-19(15)27-20)14-24-21(26)22(11-12-22)16-7-9-17(23)10-8-16/h3-10,13,18H,11-12,14H2,1-2H3,(H,24,26)/t18-/m1/s1. The number of amides is 1. The number of halogens is 1. The highest BCUT2D eigenvalue weighted by Gasteiger charge is 2.51. The van der Waals surface area contributed by atoms with E-state index in [9.17, 15) is 9.18 Å². The van der Waals surface area contributed by atoms with Crippen molar-refractivity contribution in [2.45, 2.75) is 24.3 Å². The molecule has 0 unspecified atom stereocenters. The van der Waals surface area contributed by atoms with E-state index < -0.39 is 5.41 Å². The molecule has 0 radical (unpaired) electrons. The molecule has 5 heteroatoms. The molecule has 0 spiro atoms. The van der Waals surface area contributed by atoms with Gasteiger partial charge in [0.2, 0.25) is 5.91 Å². The number of carbonyl (C=O) groups excluding carboxylic acids is 1. The third-order valence-electron chi connectivity index (χ3n) is 5.43. The third kappa shape index (κ3) is 3.35. The monoisotopic (exact) mass is 366 g/mol. The molecule has 1 heterocycles. The Morgan fingerprint density at radius 1 is 1.19 bits per heavy atom. The van der Waals surface area contributed by atoms with Crippen LogP contribution in [0.15, 0.2) is 59.0 Å². The van der Waals surface area contributed by atoms with Gasteiger partial charge in [-0.15, -0.1) is 0 Å². The van der Waals surface area contributed by atoms with Crippen LogP contribution in [-0.2, 0) is 10.2 Å². The van der Waals surface area contributed by atoms with Crippen LogP contribution in [-0.4, -0.2) is 31.4 Å². The molecule has 0 saturated heterocycles. The number of hydrogen-bond acceptors (Lipinski definition) is 3. The van der Waals surface area contributed by atoms with Gasteiger partial charge in [0, 0.05) is 11.9 Å². The first-order chi connectivity index (χ1) is 13.0. The van der Waals surface area contributed by atoms with Gasteiger partial charge in [-0.2, -0.15) is 0 Å². The first-order valence-corrected chi connectivity index (χ1v) is 9.19. The maximum absolute atomic E-state index is 13.2. The molecule has 4 rings (SSSR count). The number of likely N-dealkylation sites (N-methyl/N-ethyl adjacent to an activating group) is 1. The van der Waals surface area contributed by atoms with Crippen LogP contribution in [0.2, 0.25) is 0 Å². The summed E-state index contributed by atoms with van der Waals surface area (Å²) in [5.74, 6) is 0.540. The molecule has 1 saturated carbocycles. The fraction of sp³-hybridized carbons (Fsp3) is 0.318. The normalized spacial score (nSPS) is 16.4. The number of furan rings is 1. The van der Waals surface area contributed by atoms with Crippen molar-refractivity contribution in [1.29, 1.82) is 0 Å². The number of nitrogens with zero attached hydrogens (tertiary/aromatic N) is 1. The minimum atomic E-state index is -0.515. The molecule has 1 aromatic heterocycles. The van der Waals surface area contributed by atoms with Crippen molar-refractivity contribution < 1.29 is 13.6 Å². The van der Waals surface area contributed by atoms with Gasteiger partial charge in [-0.1, -0.05) is 30.3 Å². The average molecular weight is 366 g/mol. The summed E-state index contributed by atoms with van der Waals surface area (Å²) in [5.41, 5.74) is 1.21. The number of nitrogens with one attached hydrogen (secondary N) is 1. The zero-order valence-electron chi connectivity index (χ0n) is 15.5. The van der Waals surface area contributed by atoms with E-state index in [0.29, 0.717) is 6.54 Å². The Hall–Kier alpha value is -2.66. The lowest BCUT2D eigenvalue weighted by atomic mass is 9.95. The number of benzene rings is 2. The van der Waals surface area contributed by atoms with E-state index >= 15 is 0 Å². The largest absolute Gasteiger partial charge is 0.459 e. The molecule has 1 atom stereocenters. The highest BCUT2D eigenvalue weighted by Crippen LogP contribution is 2.48. The topological polar surface area (TPSA) is 45.5 Å². The van der Waals surface area contributed by atoms with Crippen molar-refractivity contribution in [1.82, 2.24) is 10.2 Å². The van der Waals surface area contributed by atoms with E-state index in [-0.39, 0.29) is 17.8 Å². The van der Waals surface area contributed by atoms with Crippen molar-refractivity contribution in [3.05, 3.63) is 71.7 Å². The maximum Gasteiger partial charge on any atom is 0.230 e. The summed E-state index contributed by atoms with van der Waals surface area (Å²) in [6.45, 7) is 0.453. The first kappa shape index (κ1) is 17.7. The lowest BCUT2D eigenvalue weighted by Gasteiger charge is -2.24. The van der Waals surface area contributed by atoms with Crippen LogP contribution in [0, 0.1) is 5.82 Å². The lowest BCUT2D eigenvalue weighted by molar-refractivity contribution is -0.123. The number of rotatable bonds is 6.